The molecule has 3 aromatic rings. The van der Waals surface area contributed by atoms with Crippen molar-refractivity contribution in [2.24, 2.45) is 0 Å². The largest absolute Gasteiger partial charge is 0.497 e. The van der Waals surface area contributed by atoms with Gasteiger partial charge in [0.1, 0.15) is 23.6 Å². The van der Waals surface area contributed by atoms with E-state index < -0.39 is 0 Å². The molecule has 8 heteroatoms. The molecule has 0 aliphatic carbocycles. The minimum absolute atomic E-state index is 0.0912. The molecule has 1 fully saturated rings. The normalized spacial score (nSPS) is 16.0. The van der Waals surface area contributed by atoms with E-state index in [1.165, 1.54) is 6.33 Å². The second-order valence-corrected chi connectivity index (χ2v) is 8.52. The Labute approximate surface area is 192 Å². The Kier molecular flexibility index (Phi) is 7.11. The van der Waals surface area contributed by atoms with Crippen LogP contribution in [0, 0.1) is 0 Å². The zero-order valence-corrected chi connectivity index (χ0v) is 19.0. The molecule has 1 aromatic heterocycles. The summed E-state index contributed by atoms with van der Waals surface area (Å²) >= 11 is 1.58. The van der Waals surface area contributed by atoms with Crippen molar-refractivity contribution in [2.75, 3.05) is 37.4 Å². The number of rotatable bonds is 7. The number of carbonyl (C=O) groups is 1. The number of hydrogen-bond donors (Lipinski definition) is 0. The van der Waals surface area contributed by atoms with Crippen LogP contribution in [0.5, 0.6) is 17.4 Å². The fourth-order valence-electron chi connectivity index (χ4n) is 3.60. The van der Waals surface area contributed by atoms with Gasteiger partial charge in [0.2, 0.25) is 11.8 Å². The van der Waals surface area contributed by atoms with Crippen LogP contribution in [0.1, 0.15) is 6.92 Å². The number of thioether (sulfide) groups is 1. The predicted molar refractivity (Wildman–Crippen MR) is 126 cm³/mol. The monoisotopic (exact) mass is 450 g/mol. The van der Waals surface area contributed by atoms with Gasteiger partial charge in [-0.2, -0.15) is 0 Å². The molecular weight excluding hydrogens is 424 g/mol. The van der Waals surface area contributed by atoms with Gasteiger partial charge in [-0.3, -0.25) is 4.79 Å². The van der Waals surface area contributed by atoms with Crippen molar-refractivity contribution in [1.29, 1.82) is 0 Å². The zero-order chi connectivity index (χ0) is 22.3. The van der Waals surface area contributed by atoms with Crippen molar-refractivity contribution >= 4 is 23.5 Å². The van der Waals surface area contributed by atoms with Crippen LogP contribution in [0.3, 0.4) is 0 Å². The SMILES string of the molecule is COc1ccc(Oc2cc(N3CCN(C(=O)CSc4ccccc4)C(C)C3)ncn2)cc1. The third-order valence-electron chi connectivity index (χ3n) is 5.29. The summed E-state index contributed by atoms with van der Waals surface area (Å²) in [5, 5.41) is 0. The molecule has 166 valence electrons. The van der Waals surface area contributed by atoms with Crippen molar-refractivity contribution in [2.45, 2.75) is 17.9 Å². The lowest BCUT2D eigenvalue weighted by molar-refractivity contribution is -0.130. The van der Waals surface area contributed by atoms with Crippen molar-refractivity contribution in [3.8, 4) is 17.4 Å². The highest BCUT2D eigenvalue weighted by Crippen LogP contribution is 2.26. The highest BCUT2D eigenvalue weighted by Gasteiger charge is 2.28. The minimum Gasteiger partial charge on any atom is -0.497 e. The average Bonchev–Trinajstić information content (AvgIpc) is 2.84. The molecule has 32 heavy (non-hydrogen) atoms. The molecule has 1 saturated heterocycles. The lowest BCUT2D eigenvalue weighted by Crippen LogP contribution is -2.54. The predicted octanol–water partition coefficient (Wildman–Crippen LogP) is 4.11. The first-order chi connectivity index (χ1) is 15.6. The molecule has 1 atom stereocenters. The number of amides is 1. The summed E-state index contributed by atoms with van der Waals surface area (Å²) in [5.41, 5.74) is 0. The summed E-state index contributed by atoms with van der Waals surface area (Å²) in [6, 6.07) is 19.3. The Morgan fingerprint density at radius 3 is 2.53 bits per heavy atom. The number of piperazine rings is 1. The standard InChI is InChI=1S/C24H26N4O3S/c1-18-15-27(12-13-28(18)24(29)16-32-21-6-4-3-5-7-21)22-14-23(26-17-25-22)31-20-10-8-19(30-2)9-11-20/h3-11,14,17-18H,12-13,15-16H2,1-2H3. The second kappa shape index (κ2) is 10.4. The van der Waals surface area contributed by atoms with Gasteiger partial charge in [-0.15, -0.1) is 11.8 Å². The molecule has 0 N–H and O–H groups in total. The zero-order valence-electron chi connectivity index (χ0n) is 18.2. The number of carbonyl (C=O) groups excluding carboxylic acids is 1. The molecule has 1 aliphatic heterocycles. The van der Waals surface area contributed by atoms with E-state index in [0.29, 0.717) is 37.0 Å². The molecule has 0 radical (unpaired) electrons. The van der Waals surface area contributed by atoms with Gasteiger partial charge in [0.05, 0.1) is 12.9 Å². The van der Waals surface area contributed by atoms with Crippen LogP contribution >= 0.6 is 11.8 Å². The number of aromatic nitrogens is 2. The van der Waals surface area contributed by atoms with Gasteiger partial charge in [0.15, 0.2) is 0 Å². The minimum atomic E-state index is 0.0912. The molecule has 4 rings (SSSR count). The van der Waals surface area contributed by atoms with Crippen LogP contribution in [0.2, 0.25) is 0 Å². The molecule has 1 amide bonds. The Morgan fingerprint density at radius 2 is 1.81 bits per heavy atom. The lowest BCUT2D eigenvalue weighted by Gasteiger charge is -2.40. The summed E-state index contributed by atoms with van der Waals surface area (Å²) in [5.74, 6) is 3.32. The van der Waals surface area contributed by atoms with E-state index >= 15 is 0 Å². The van der Waals surface area contributed by atoms with Gasteiger partial charge in [-0.05, 0) is 43.3 Å². The fourth-order valence-corrected chi connectivity index (χ4v) is 4.41. The fraction of sp³-hybridized carbons (Fsp3) is 0.292. The quantitative estimate of drug-likeness (QED) is 0.502. The summed E-state index contributed by atoms with van der Waals surface area (Å²) in [6.45, 7) is 4.16. The maximum Gasteiger partial charge on any atom is 0.233 e. The first-order valence-corrected chi connectivity index (χ1v) is 11.5. The van der Waals surface area contributed by atoms with Gasteiger partial charge in [0, 0.05) is 36.6 Å². The number of nitrogens with zero attached hydrogens (tertiary/aromatic N) is 4. The van der Waals surface area contributed by atoms with Gasteiger partial charge < -0.3 is 19.3 Å². The number of methoxy groups -OCH3 is 1. The number of ether oxygens (including phenoxy) is 2. The number of benzene rings is 2. The van der Waals surface area contributed by atoms with E-state index in [0.717, 1.165) is 16.5 Å². The third-order valence-corrected chi connectivity index (χ3v) is 6.28. The Balaban J connectivity index is 1.34. The number of anilines is 1. The van der Waals surface area contributed by atoms with Crippen LogP contribution in [-0.4, -0.2) is 59.3 Å². The van der Waals surface area contributed by atoms with Crippen molar-refractivity contribution in [3.63, 3.8) is 0 Å². The summed E-state index contributed by atoms with van der Waals surface area (Å²) in [6.07, 6.45) is 1.51. The summed E-state index contributed by atoms with van der Waals surface area (Å²) in [7, 11) is 1.63. The van der Waals surface area contributed by atoms with E-state index in [1.807, 2.05) is 65.6 Å². The molecule has 0 spiro atoms. The van der Waals surface area contributed by atoms with Crippen LogP contribution in [-0.2, 0) is 4.79 Å². The third kappa shape index (κ3) is 5.50. The van der Waals surface area contributed by atoms with E-state index in [1.54, 1.807) is 18.9 Å². The van der Waals surface area contributed by atoms with E-state index in [4.69, 9.17) is 9.47 Å². The van der Waals surface area contributed by atoms with Crippen LogP contribution in [0.15, 0.2) is 71.9 Å². The van der Waals surface area contributed by atoms with Crippen LogP contribution < -0.4 is 14.4 Å². The molecule has 1 unspecified atom stereocenters. The topological polar surface area (TPSA) is 67.8 Å². The molecule has 2 heterocycles. The first-order valence-electron chi connectivity index (χ1n) is 10.5. The second-order valence-electron chi connectivity index (χ2n) is 7.48. The Bertz CT molecular complexity index is 1030. The van der Waals surface area contributed by atoms with Crippen LogP contribution in [0.25, 0.3) is 0 Å². The van der Waals surface area contributed by atoms with Crippen molar-refractivity contribution in [1.82, 2.24) is 14.9 Å². The molecular formula is C24H26N4O3S. The summed E-state index contributed by atoms with van der Waals surface area (Å²) < 4.78 is 11.0. The van der Waals surface area contributed by atoms with Crippen molar-refractivity contribution in [3.05, 3.63) is 67.0 Å². The molecule has 7 nitrogen and oxygen atoms in total. The van der Waals surface area contributed by atoms with Crippen LogP contribution in [0.4, 0.5) is 5.82 Å². The first kappa shape index (κ1) is 22.0. The lowest BCUT2D eigenvalue weighted by atomic mass is 10.2. The maximum atomic E-state index is 12.8. The van der Waals surface area contributed by atoms with Gasteiger partial charge >= 0.3 is 0 Å². The molecule has 0 saturated carbocycles. The highest BCUT2D eigenvalue weighted by atomic mass is 32.2. The smallest absolute Gasteiger partial charge is 0.233 e. The average molecular weight is 451 g/mol. The molecule has 0 bridgehead atoms. The van der Waals surface area contributed by atoms with E-state index in [9.17, 15) is 4.79 Å². The van der Waals surface area contributed by atoms with Gasteiger partial charge in [-0.25, -0.2) is 9.97 Å². The Hall–Kier alpha value is -3.26. The molecule has 1 aliphatic rings. The summed E-state index contributed by atoms with van der Waals surface area (Å²) in [4.78, 5) is 26.6. The van der Waals surface area contributed by atoms with E-state index in [2.05, 4.69) is 21.8 Å². The highest BCUT2D eigenvalue weighted by molar-refractivity contribution is 8.00. The van der Waals surface area contributed by atoms with Gasteiger partial charge in [-0.1, -0.05) is 18.2 Å². The number of hydrogen-bond acceptors (Lipinski definition) is 7. The maximum absolute atomic E-state index is 12.8. The van der Waals surface area contributed by atoms with Gasteiger partial charge in [0.25, 0.3) is 0 Å². The van der Waals surface area contributed by atoms with E-state index in [-0.39, 0.29) is 11.9 Å². The molecule has 2 aromatic carbocycles. The van der Waals surface area contributed by atoms with Crippen molar-refractivity contribution < 1.29 is 14.3 Å². The Morgan fingerprint density at radius 1 is 1.06 bits per heavy atom.